The Morgan fingerprint density at radius 1 is 1.25 bits per heavy atom. The largest absolute Gasteiger partial charge is 0.507 e. The first-order valence-electron chi connectivity index (χ1n) is 6.84. The van der Waals surface area contributed by atoms with Crippen LogP contribution in [0, 0.1) is 0 Å². The van der Waals surface area contributed by atoms with E-state index in [9.17, 15) is 10.2 Å². The number of benzene rings is 2. The number of ether oxygens (including phenoxy) is 1. The summed E-state index contributed by atoms with van der Waals surface area (Å²) in [6, 6.07) is 7.04. The maximum atomic E-state index is 10.5. The fraction of sp³-hybridized carbons (Fsp3) is 0.375. The fourth-order valence-electron chi connectivity index (χ4n) is 3.05. The predicted octanol–water partition coefficient (Wildman–Crippen LogP) is 2.64. The van der Waals surface area contributed by atoms with Gasteiger partial charge < -0.3 is 20.1 Å². The van der Waals surface area contributed by atoms with E-state index in [4.69, 9.17) is 9.84 Å². The van der Waals surface area contributed by atoms with Gasteiger partial charge in [-0.15, -0.1) is 0 Å². The number of phenols is 2. The van der Waals surface area contributed by atoms with Crippen LogP contribution in [0.5, 0.6) is 11.5 Å². The quantitative estimate of drug-likeness (QED) is 0.787. The average Bonchev–Trinajstić information content (AvgIpc) is 2.40. The molecule has 0 saturated carbocycles. The Bertz CT molecular complexity index is 650. The molecular formula is C16H18O4. The number of hydrogen-bond donors (Lipinski definition) is 3. The van der Waals surface area contributed by atoms with Crippen molar-refractivity contribution in [1.82, 2.24) is 0 Å². The lowest BCUT2D eigenvalue weighted by atomic mass is 9.89. The molecule has 2 aromatic rings. The Hall–Kier alpha value is -1.78. The Labute approximate surface area is 117 Å². The molecule has 0 radical (unpaired) electrons. The number of aromatic hydroxyl groups is 2. The van der Waals surface area contributed by atoms with Gasteiger partial charge in [0, 0.05) is 22.9 Å². The van der Waals surface area contributed by atoms with Crippen molar-refractivity contribution >= 4 is 10.8 Å². The molecule has 0 saturated heterocycles. The standard InChI is InChI=1S/C16H18O4/c1-9-15-10(7-11(20-9)5-6-17)8-13-12(16(15)19)3-2-4-14(13)18/h2-4,8-9,11,17-19H,5-7H2,1H3/t9-,11-/m0/s1. The summed E-state index contributed by atoms with van der Waals surface area (Å²) >= 11 is 0. The average molecular weight is 274 g/mol. The van der Waals surface area contributed by atoms with Gasteiger partial charge in [-0.3, -0.25) is 0 Å². The van der Waals surface area contributed by atoms with Crippen molar-refractivity contribution < 1.29 is 20.1 Å². The Kier molecular flexibility index (Phi) is 3.28. The van der Waals surface area contributed by atoms with Crippen LogP contribution in [0.15, 0.2) is 24.3 Å². The van der Waals surface area contributed by atoms with Gasteiger partial charge in [0.15, 0.2) is 0 Å². The van der Waals surface area contributed by atoms with Gasteiger partial charge >= 0.3 is 0 Å². The van der Waals surface area contributed by atoms with E-state index in [0.717, 1.165) is 11.1 Å². The minimum absolute atomic E-state index is 0.0507. The zero-order valence-electron chi connectivity index (χ0n) is 11.3. The number of hydrogen-bond acceptors (Lipinski definition) is 4. The summed E-state index contributed by atoms with van der Waals surface area (Å²) in [5.74, 6) is 0.349. The first-order chi connectivity index (χ1) is 9.61. The smallest absolute Gasteiger partial charge is 0.129 e. The van der Waals surface area contributed by atoms with Gasteiger partial charge in [0.2, 0.25) is 0 Å². The van der Waals surface area contributed by atoms with Crippen LogP contribution in [0.2, 0.25) is 0 Å². The van der Waals surface area contributed by atoms with E-state index in [0.29, 0.717) is 23.6 Å². The van der Waals surface area contributed by atoms with Crippen molar-refractivity contribution in [2.24, 2.45) is 0 Å². The van der Waals surface area contributed by atoms with Crippen molar-refractivity contribution in [2.75, 3.05) is 6.61 Å². The maximum Gasteiger partial charge on any atom is 0.129 e. The third-order valence-corrected chi connectivity index (χ3v) is 3.96. The Morgan fingerprint density at radius 2 is 2.05 bits per heavy atom. The van der Waals surface area contributed by atoms with E-state index in [1.165, 1.54) is 0 Å². The van der Waals surface area contributed by atoms with Gasteiger partial charge in [-0.05, 0) is 37.5 Å². The SMILES string of the molecule is C[C@@H]1O[C@@H](CCO)Cc2cc3c(O)cccc3c(O)c21. The van der Waals surface area contributed by atoms with Gasteiger partial charge in [0.25, 0.3) is 0 Å². The highest BCUT2D eigenvalue weighted by Crippen LogP contribution is 2.43. The highest BCUT2D eigenvalue weighted by atomic mass is 16.5. The summed E-state index contributed by atoms with van der Waals surface area (Å²) in [5, 5.41) is 30.8. The molecular weight excluding hydrogens is 256 g/mol. The second-order valence-electron chi connectivity index (χ2n) is 5.29. The molecule has 2 aromatic carbocycles. The van der Waals surface area contributed by atoms with E-state index < -0.39 is 0 Å². The second kappa shape index (κ2) is 4.96. The van der Waals surface area contributed by atoms with Gasteiger partial charge in [0.1, 0.15) is 11.5 Å². The molecule has 0 unspecified atom stereocenters. The zero-order valence-corrected chi connectivity index (χ0v) is 11.3. The molecule has 1 heterocycles. The molecule has 2 atom stereocenters. The third kappa shape index (κ3) is 2.01. The van der Waals surface area contributed by atoms with Crippen molar-refractivity contribution in [3.05, 3.63) is 35.4 Å². The minimum Gasteiger partial charge on any atom is -0.507 e. The summed E-state index contributed by atoms with van der Waals surface area (Å²) in [7, 11) is 0. The molecule has 3 N–H and O–H groups in total. The van der Waals surface area contributed by atoms with Crippen molar-refractivity contribution in [3.8, 4) is 11.5 Å². The molecule has 3 rings (SSSR count). The molecule has 1 aliphatic rings. The summed E-state index contributed by atoms with van der Waals surface area (Å²) in [5.41, 5.74) is 1.77. The number of aliphatic hydroxyl groups excluding tert-OH is 1. The highest BCUT2D eigenvalue weighted by Gasteiger charge is 2.28. The molecule has 1 aliphatic heterocycles. The summed E-state index contributed by atoms with van der Waals surface area (Å²) in [4.78, 5) is 0. The van der Waals surface area contributed by atoms with Crippen LogP contribution in [0.4, 0.5) is 0 Å². The molecule has 0 bridgehead atoms. The van der Waals surface area contributed by atoms with E-state index in [1.807, 2.05) is 13.0 Å². The Morgan fingerprint density at radius 3 is 2.80 bits per heavy atom. The van der Waals surface area contributed by atoms with Gasteiger partial charge in [0.05, 0.1) is 12.2 Å². The lowest BCUT2D eigenvalue weighted by Crippen LogP contribution is -2.26. The molecule has 106 valence electrons. The van der Waals surface area contributed by atoms with Gasteiger partial charge in [-0.2, -0.15) is 0 Å². The molecule has 0 fully saturated rings. The summed E-state index contributed by atoms with van der Waals surface area (Å²) in [6.45, 7) is 1.98. The normalized spacial score (nSPS) is 21.9. The lowest BCUT2D eigenvalue weighted by Gasteiger charge is -2.31. The predicted molar refractivity (Wildman–Crippen MR) is 76.0 cm³/mol. The van der Waals surface area contributed by atoms with Crippen LogP contribution in [-0.4, -0.2) is 28.0 Å². The van der Waals surface area contributed by atoms with Gasteiger partial charge in [-0.1, -0.05) is 12.1 Å². The number of rotatable bonds is 2. The molecule has 4 nitrogen and oxygen atoms in total. The van der Waals surface area contributed by atoms with Gasteiger partial charge in [-0.25, -0.2) is 0 Å². The fourth-order valence-corrected chi connectivity index (χ4v) is 3.05. The first-order valence-corrected chi connectivity index (χ1v) is 6.84. The van der Waals surface area contributed by atoms with E-state index >= 15 is 0 Å². The van der Waals surface area contributed by atoms with Crippen LogP contribution < -0.4 is 0 Å². The van der Waals surface area contributed by atoms with Crippen LogP contribution in [0.25, 0.3) is 10.8 Å². The summed E-state index contributed by atoms with van der Waals surface area (Å²) < 4.78 is 5.83. The third-order valence-electron chi connectivity index (χ3n) is 3.96. The molecule has 0 aliphatic carbocycles. The highest BCUT2D eigenvalue weighted by molar-refractivity contribution is 5.94. The molecule has 0 aromatic heterocycles. The monoisotopic (exact) mass is 274 g/mol. The van der Waals surface area contributed by atoms with E-state index in [1.54, 1.807) is 18.2 Å². The first kappa shape index (κ1) is 13.2. The van der Waals surface area contributed by atoms with Crippen molar-refractivity contribution in [3.63, 3.8) is 0 Å². The van der Waals surface area contributed by atoms with Crippen LogP contribution >= 0.6 is 0 Å². The van der Waals surface area contributed by atoms with Crippen LogP contribution in [-0.2, 0) is 11.2 Å². The van der Waals surface area contributed by atoms with Crippen LogP contribution in [0.1, 0.15) is 30.6 Å². The van der Waals surface area contributed by atoms with Crippen LogP contribution in [0.3, 0.4) is 0 Å². The molecule has 20 heavy (non-hydrogen) atoms. The molecule has 0 spiro atoms. The number of aliphatic hydroxyl groups is 1. The number of fused-ring (bicyclic) bond motifs is 2. The topological polar surface area (TPSA) is 69.9 Å². The van der Waals surface area contributed by atoms with E-state index in [2.05, 4.69) is 0 Å². The van der Waals surface area contributed by atoms with E-state index in [-0.39, 0.29) is 30.3 Å². The second-order valence-corrected chi connectivity index (χ2v) is 5.29. The number of phenolic OH excluding ortho intramolecular Hbond substituents is 2. The molecule has 0 amide bonds. The molecule has 4 heteroatoms. The minimum atomic E-state index is -0.220. The van der Waals surface area contributed by atoms with Crippen molar-refractivity contribution in [1.29, 1.82) is 0 Å². The lowest BCUT2D eigenvalue weighted by molar-refractivity contribution is -0.0274. The van der Waals surface area contributed by atoms with Crippen molar-refractivity contribution in [2.45, 2.75) is 32.0 Å². The zero-order chi connectivity index (χ0) is 14.3. The maximum absolute atomic E-state index is 10.5. The summed E-state index contributed by atoms with van der Waals surface area (Å²) in [6.07, 6.45) is 0.939. The Balaban J connectivity index is 2.18.